The van der Waals surface area contributed by atoms with Crippen LogP contribution in [0.5, 0.6) is 0 Å². The van der Waals surface area contributed by atoms with Crippen molar-refractivity contribution in [1.29, 1.82) is 0 Å². The highest BCUT2D eigenvalue weighted by molar-refractivity contribution is 6.31. The standard InChI is InChI=1S/C14H17ClN2O/c1-10(2)8-14(18)17-13-9-12(15)6-5-11(13)4-3-7-16/h5-6,9-10H,7-8,16H2,1-2H3,(H,17,18). The van der Waals surface area contributed by atoms with E-state index >= 15 is 0 Å². The predicted molar refractivity (Wildman–Crippen MR) is 75.5 cm³/mol. The molecule has 0 aliphatic heterocycles. The van der Waals surface area contributed by atoms with Gasteiger partial charge in [0.05, 0.1) is 12.2 Å². The molecule has 0 spiro atoms. The van der Waals surface area contributed by atoms with Crippen molar-refractivity contribution in [1.82, 2.24) is 0 Å². The van der Waals surface area contributed by atoms with Crippen molar-refractivity contribution in [2.24, 2.45) is 11.7 Å². The van der Waals surface area contributed by atoms with Crippen molar-refractivity contribution in [3.8, 4) is 11.8 Å². The van der Waals surface area contributed by atoms with E-state index in [4.69, 9.17) is 17.3 Å². The van der Waals surface area contributed by atoms with Gasteiger partial charge in [0.1, 0.15) is 0 Å². The molecule has 3 N–H and O–H groups in total. The molecule has 0 saturated heterocycles. The molecule has 0 aliphatic rings. The number of halogens is 1. The van der Waals surface area contributed by atoms with E-state index in [0.29, 0.717) is 23.0 Å². The lowest BCUT2D eigenvalue weighted by molar-refractivity contribution is -0.116. The summed E-state index contributed by atoms with van der Waals surface area (Å²) in [6, 6.07) is 5.20. The third kappa shape index (κ3) is 4.79. The minimum Gasteiger partial charge on any atom is -0.325 e. The summed E-state index contributed by atoms with van der Waals surface area (Å²) in [5.41, 5.74) is 6.69. The summed E-state index contributed by atoms with van der Waals surface area (Å²) < 4.78 is 0. The Morgan fingerprint density at radius 1 is 1.50 bits per heavy atom. The number of nitrogens with two attached hydrogens (primary N) is 1. The Balaban J connectivity index is 2.92. The molecule has 0 atom stereocenters. The molecule has 4 heteroatoms. The second-order valence-electron chi connectivity index (χ2n) is 4.34. The van der Waals surface area contributed by atoms with E-state index in [0.717, 1.165) is 5.56 Å². The van der Waals surface area contributed by atoms with Gasteiger partial charge in [-0.2, -0.15) is 0 Å². The van der Waals surface area contributed by atoms with Crippen molar-refractivity contribution >= 4 is 23.2 Å². The zero-order valence-corrected chi connectivity index (χ0v) is 11.3. The first kappa shape index (κ1) is 14.6. The summed E-state index contributed by atoms with van der Waals surface area (Å²) in [6.07, 6.45) is 0.469. The number of hydrogen-bond acceptors (Lipinski definition) is 2. The van der Waals surface area contributed by atoms with Crippen LogP contribution in [0.25, 0.3) is 0 Å². The van der Waals surface area contributed by atoms with Gasteiger partial charge < -0.3 is 11.1 Å². The number of carbonyl (C=O) groups excluding carboxylic acids is 1. The minimum atomic E-state index is -0.0388. The first-order valence-electron chi connectivity index (χ1n) is 5.81. The molecule has 0 unspecified atom stereocenters. The van der Waals surface area contributed by atoms with Crippen molar-refractivity contribution in [2.75, 3.05) is 11.9 Å². The summed E-state index contributed by atoms with van der Waals surface area (Å²) in [4.78, 5) is 11.7. The molecule has 18 heavy (non-hydrogen) atoms. The normalized spacial score (nSPS) is 9.83. The molecule has 96 valence electrons. The summed E-state index contributed by atoms with van der Waals surface area (Å²) in [5, 5.41) is 3.39. The van der Waals surface area contributed by atoms with Crippen molar-refractivity contribution in [2.45, 2.75) is 20.3 Å². The molecule has 0 aliphatic carbocycles. The molecule has 0 radical (unpaired) electrons. The molecule has 0 heterocycles. The Morgan fingerprint density at radius 3 is 2.83 bits per heavy atom. The minimum absolute atomic E-state index is 0.0388. The summed E-state index contributed by atoms with van der Waals surface area (Å²) in [5.74, 6) is 5.94. The third-order valence-corrected chi connectivity index (χ3v) is 2.41. The monoisotopic (exact) mass is 264 g/mol. The number of carbonyl (C=O) groups is 1. The fourth-order valence-electron chi connectivity index (χ4n) is 1.45. The summed E-state index contributed by atoms with van der Waals surface area (Å²) in [6.45, 7) is 4.27. The smallest absolute Gasteiger partial charge is 0.224 e. The van der Waals surface area contributed by atoms with Gasteiger partial charge in [-0.1, -0.05) is 37.3 Å². The van der Waals surface area contributed by atoms with Gasteiger partial charge in [0, 0.05) is 17.0 Å². The van der Waals surface area contributed by atoms with Gasteiger partial charge in [-0.25, -0.2) is 0 Å². The van der Waals surface area contributed by atoms with Crippen LogP contribution in [-0.2, 0) is 4.79 Å². The molecular formula is C14H17ClN2O. The maximum absolute atomic E-state index is 11.7. The van der Waals surface area contributed by atoms with Crippen LogP contribution in [0.15, 0.2) is 18.2 Å². The van der Waals surface area contributed by atoms with Gasteiger partial charge >= 0.3 is 0 Å². The summed E-state index contributed by atoms with van der Waals surface area (Å²) in [7, 11) is 0. The molecule has 1 rings (SSSR count). The Bertz CT molecular complexity index is 486. The van der Waals surface area contributed by atoms with Crippen LogP contribution in [0.1, 0.15) is 25.8 Å². The van der Waals surface area contributed by atoms with E-state index in [1.165, 1.54) is 0 Å². The highest BCUT2D eigenvalue weighted by Crippen LogP contribution is 2.21. The van der Waals surface area contributed by atoms with Gasteiger partial charge in [-0.15, -0.1) is 0 Å². The average Bonchev–Trinajstić information content (AvgIpc) is 2.26. The van der Waals surface area contributed by atoms with E-state index in [2.05, 4.69) is 17.2 Å². The zero-order valence-electron chi connectivity index (χ0n) is 10.6. The second kappa shape index (κ2) is 7.05. The first-order valence-corrected chi connectivity index (χ1v) is 6.19. The highest BCUT2D eigenvalue weighted by atomic mass is 35.5. The van der Waals surface area contributed by atoms with Crippen molar-refractivity contribution in [3.05, 3.63) is 28.8 Å². The van der Waals surface area contributed by atoms with Crippen LogP contribution in [-0.4, -0.2) is 12.5 Å². The molecule has 1 aromatic rings. The van der Waals surface area contributed by atoms with E-state index in [1.54, 1.807) is 18.2 Å². The molecule has 0 fully saturated rings. The highest BCUT2D eigenvalue weighted by Gasteiger charge is 2.08. The van der Waals surface area contributed by atoms with Gasteiger partial charge in [0.2, 0.25) is 5.91 Å². The van der Waals surface area contributed by atoms with Crippen LogP contribution in [0, 0.1) is 17.8 Å². The Kier molecular flexibility index (Phi) is 5.70. The van der Waals surface area contributed by atoms with E-state index in [1.807, 2.05) is 13.8 Å². The van der Waals surface area contributed by atoms with Crippen molar-refractivity contribution < 1.29 is 4.79 Å². The molecular weight excluding hydrogens is 248 g/mol. The molecule has 1 aromatic carbocycles. The summed E-state index contributed by atoms with van der Waals surface area (Å²) >= 11 is 5.92. The van der Waals surface area contributed by atoms with E-state index < -0.39 is 0 Å². The lowest BCUT2D eigenvalue weighted by Crippen LogP contribution is -2.14. The third-order valence-electron chi connectivity index (χ3n) is 2.17. The topological polar surface area (TPSA) is 55.1 Å². The number of rotatable bonds is 3. The van der Waals surface area contributed by atoms with Gasteiger partial charge in [0.15, 0.2) is 0 Å². The first-order chi connectivity index (χ1) is 8.52. The lowest BCUT2D eigenvalue weighted by Gasteiger charge is -2.09. The maximum atomic E-state index is 11.7. The van der Waals surface area contributed by atoms with Gasteiger partial charge in [-0.05, 0) is 24.1 Å². The number of anilines is 1. The predicted octanol–water partition coefficient (Wildman–Crippen LogP) is 2.63. The Hall–Kier alpha value is -1.50. The lowest BCUT2D eigenvalue weighted by atomic mass is 10.1. The van der Waals surface area contributed by atoms with Crippen LogP contribution < -0.4 is 11.1 Å². The molecule has 0 saturated carbocycles. The molecule has 3 nitrogen and oxygen atoms in total. The largest absolute Gasteiger partial charge is 0.325 e. The van der Waals surface area contributed by atoms with Crippen molar-refractivity contribution in [3.63, 3.8) is 0 Å². The van der Waals surface area contributed by atoms with Gasteiger partial charge in [-0.3, -0.25) is 4.79 Å². The SMILES string of the molecule is CC(C)CC(=O)Nc1cc(Cl)ccc1C#CCN. The van der Waals surface area contributed by atoms with Gasteiger partial charge in [0.25, 0.3) is 0 Å². The van der Waals surface area contributed by atoms with Crippen LogP contribution in [0.2, 0.25) is 5.02 Å². The number of benzene rings is 1. The molecule has 1 amide bonds. The molecule has 0 bridgehead atoms. The quantitative estimate of drug-likeness (QED) is 0.825. The fraction of sp³-hybridized carbons (Fsp3) is 0.357. The van der Waals surface area contributed by atoms with Crippen LogP contribution in [0.3, 0.4) is 0 Å². The Labute approximate surface area is 113 Å². The number of nitrogens with one attached hydrogen (secondary N) is 1. The fourth-order valence-corrected chi connectivity index (χ4v) is 1.62. The van der Waals surface area contributed by atoms with E-state index in [9.17, 15) is 4.79 Å². The average molecular weight is 265 g/mol. The van der Waals surface area contributed by atoms with Crippen LogP contribution in [0.4, 0.5) is 5.69 Å². The second-order valence-corrected chi connectivity index (χ2v) is 4.78. The zero-order chi connectivity index (χ0) is 13.5. The Morgan fingerprint density at radius 2 is 2.22 bits per heavy atom. The maximum Gasteiger partial charge on any atom is 0.224 e. The number of amides is 1. The molecule has 0 aromatic heterocycles. The van der Waals surface area contributed by atoms with E-state index in [-0.39, 0.29) is 12.5 Å². The van der Waals surface area contributed by atoms with Crippen LogP contribution >= 0.6 is 11.6 Å². The number of hydrogen-bond donors (Lipinski definition) is 2.